The zero-order valence-corrected chi connectivity index (χ0v) is 12.7. The second kappa shape index (κ2) is 6.75. The molecule has 1 fully saturated rings. The van der Waals surface area contributed by atoms with Crippen LogP contribution in [0.2, 0.25) is 0 Å². The SMILES string of the molecule is NC1CCC(C(=O)N(Cc2ccccc2)c2ccccc2)C1. The van der Waals surface area contributed by atoms with Crippen molar-refractivity contribution in [1.29, 1.82) is 0 Å². The van der Waals surface area contributed by atoms with Crippen LogP contribution < -0.4 is 10.6 Å². The number of hydrogen-bond acceptors (Lipinski definition) is 2. The van der Waals surface area contributed by atoms with E-state index in [1.807, 2.05) is 53.4 Å². The fourth-order valence-corrected chi connectivity index (χ4v) is 3.13. The summed E-state index contributed by atoms with van der Waals surface area (Å²) in [6.07, 6.45) is 2.65. The van der Waals surface area contributed by atoms with Gasteiger partial charge in [-0.05, 0) is 37.0 Å². The van der Waals surface area contributed by atoms with E-state index in [0.717, 1.165) is 30.5 Å². The summed E-state index contributed by atoms with van der Waals surface area (Å²) < 4.78 is 0. The van der Waals surface area contributed by atoms with Gasteiger partial charge in [0.15, 0.2) is 0 Å². The van der Waals surface area contributed by atoms with Gasteiger partial charge in [0, 0.05) is 17.6 Å². The summed E-state index contributed by atoms with van der Waals surface area (Å²) in [5, 5.41) is 0. The van der Waals surface area contributed by atoms with Crippen molar-refractivity contribution in [2.24, 2.45) is 11.7 Å². The number of nitrogens with two attached hydrogens (primary N) is 1. The van der Waals surface area contributed by atoms with Crippen LogP contribution in [0, 0.1) is 5.92 Å². The smallest absolute Gasteiger partial charge is 0.230 e. The van der Waals surface area contributed by atoms with Crippen molar-refractivity contribution in [1.82, 2.24) is 0 Å². The van der Waals surface area contributed by atoms with E-state index in [-0.39, 0.29) is 17.9 Å². The molecule has 114 valence electrons. The lowest BCUT2D eigenvalue weighted by atomic mass is 10.0. The van der Waals surface area contributed by atoms with Crippen molar-refractivity contribution in [3.63, 3.8) is 0 Å². The monoisotopic (exact) mass is 294 g/mol. The van der Waals surface area contributed by atoms with Gasteiger partial charge in [-0.15, -0.1) is 0 Å². The maximum absolute atomic E-state index is 13.0. The third-order valence-corrected chi connectivity index (χ3v) is 4.34. The van der Waals surface area contributed by atoms with Crippen molar-refractivity contribution in [3.05, 3.63) is 66.2 Å². The Bertz CT molecular complexity index is 612. The minimum Gasteiger partial charge on any atom is -0.328 e. The number of amides is 1. The van der Waals surface area contributed by atoms with Gasteiger partial charge >= 0.3 is 0 Å². The molecule has 0 spiro atoms. The van der Waals surface area contributed by atoms with Gasteiger partial charge in [0.05, 0.1) is 6.54 Å². The first-order valence-corrected chi connectivity index (χ1v) is 7.90. The third-order valence-electron chi connectivity index (χ3n) is 4.34. The number of anilines is 1. The average molecular weight is 294 g/mol. The minimum atomic E-state index is 0.0546. The highest BCUT2D eigenvalue weighted by atomic mass is 16.2. The van der Waals surface area contributed by atoms with Crippen LogP contribution in [0.25, 0.3) is 0 Å². The highest BCUT2D eigenvalue weighted by Crippen LogP contribution is 2.29. The van der Waals surface area contributed by atoms with Crippen LogP contribution >= 0.6 is 0 Å². The highest BCUT2D eigenvalue weighted by Gasteiger charge is 2.31. The summed E-state index contributed by atoms with van der Waals surface area (Å²) in [6.45, 7) is 0.607. The zero-order chi connectivity index (χ0) is 15.4. The van der Waals surface area contributed by atoms with Crippen molar-refractivity contribution in [2.75, 3.05) is 4.90 Å². The Morgan fingerprint density at radius 2 is 1.64 bits per heavy atom. The molecule has 2 atom stereocenters. The molecular weight excluding hydrogens is 272 g/mol. The Hall–Kier alpha value is -2.13. The number of rotatable bonds is 4. The van der Waals surface area contributed by atoms with E-state index in [1.54, 1.807) is 0 Å². The van der Waals surface area contributed by atoms with Crippen LogP contribution in [0.1, 0.15) is 24.8 Å². The predicted octanol–water partition coefficient (Wildman–Crippen LogP) is 3.35. The quantitative estimate of drug-likeness (QED) is 0.940. The lowest BCUT2D eigenvalue weighted by Crippen LogP contribution is -2.35. The maximum Gasteiger partial charge on any atom is 0.230 e. The van der Waals surface area contributed by atoms with Gasteiger partial charge in [0.1, 0.15) is 0 Å². The van der Waals surface area contributed by atoms with Crippen molar-refractivity contribution < 1.29 is 4.79 Å². The number of para-hydroxylation sites is 1. The molecule has 3 rings (SSSR count). The second-order valence-corrected chi connectivity index (χ2v) is 6.02. The van der Waals surface area contributed by atoms with Gasteiger partial charge in [0.2, 0.25) is 5.91 Å². The number of carbonyl (C=O) groups is 1. The molecule has 1 amide bonds. The molecule has 0 heterocycles. The topological polar surface area (TPSA) is 46.3 Å². The molecule has 1 saturated carbocycles. The molecule has 2 aromatic rings. The van der Waals surface area contributed by atoms with Crippen LogP contribution in [0.15, 0.2) is 60.7 Å². The molecule has 0 saturated heterocycles. The Balaban J connectivity index is 1.84. The number of benzene rings is 2. The zero-order valence-electron chi connectivity index (χ0n) is 12.7. The normalized spacial score (nSPS) is 20.8. The first-order valence-electron chi connectivity index (χ1n) is 7.90. The molecular formula is C19H22N2O. The molecule has 2 unspecified atom stereocenters. The molecule has 0 bridgehead atoms. The Morgan fingerprint density at radius 3 is 2.23 bits per heavy atom. The Morgan fingerprint density at radius 1 is 1.00 bits per heavy atom. The molecule has 2 aromatic carbocycles. The van der Waals surface area contributed by atoms with Crippen LogP contribution in [0.3, 0.4) is 0 Å². The largest absolute Gasteiger partial charge is 0.328 e. The summed E-state index contributed by atoms with van der Waals surface area (Å²) >= 11 is 0. The number of carbonyl (C=O) groups excluding carboxylic acids is 1. The van der Waals surface area contributed by atoms with Gasteiger partial charge in [0.25, 0.3) is 0 Å². The van der Waals surface area contributed by atoms with Crippen LogP contribution in [-0.4, -0.2) is 11.9 Å². The molecule has 1 aliphatic carbocycles. The Kier molecular flexibility index (Phi) is 4.54. The van der Waals surface area contributed by atoms with Crippen LogP contribution in [0.5, 0.6) is 0 Å². The molecule has 1 aliphatic rings. The van der Waals surface area contributed by atoms with Crippen molar-refractivity contribution >= 4 is 11.6 Å². The maximum atomic E-state index is 13.0. The van der Waals surface area contributed by atoms with Gasteiger partial charge < -0.3 is 10.6 Å². The summed E-state index contributed by atoms with van der Waals surface area (Å²) in [5.41, 5.74) is 8.08. The standard InChI is InChI=1S/C19H22N2O/c20-17-12-11-16(13-17)19(22)21(18-9-5-2-6-10-18)14-15-7-3-1-4-8-15/h1-10,16-17H,11-14,20H2. The number of hydrogen-bond donors (Lipinski definition) is 1. The highest BCUT2D eigenvalue weighted by molar-refractivity contribution is 5.95. The van der Waals surface area contributed by atoms with E-state index in [4.69, 9.17) is 5.73 Å². The van der Waals surface area contributed by atoms with E-state index in [9.17, 15) is 4.79 Å². The molecule has 0 aromatic heterocycles. The lowest BCUT2D eigenvalue weighted by Gasteiger charge is -2.26. The minimum absolute atomic E-state index is 0.0546. The average Bonchev–Trinajstić information content (AvgIpc) is 3.00. The van der Waals surface area contributed by atoms with Gasteiger partial charge in [-0.3, -0.25) is 4.79 Å². The predicted molar refractivity (Wildman–Crippen MR) is 89.4 cm³/mol. The first-order chi connectivity index (χ1) is 10.7. The van der Waals surface area contributed by atoms with Gasteiger partial charge in [-0.1, -0.05) is 48.5 Å². The van der Waals surface area contributed by atoms with E-state index in [2.05, 4.69) is 12.1 Å². The van der Waals surface area contributed by atoms with E-state index >= 15 is 0 Å². The Labute approximate surface area is 131 Å². The molecule has 0 aliphatic heterocycles. The lowest BCUT2D eigenvalue weighted by molar-refractivity contribution is -0.122. The molecule has 2 N–H and O–H groups in total. The second-order valence-electron chi connectivity index (χ2n) is 6.02. The van der Waals surface area contributed by atoms with Gasteiger partial charge in [-0.25, -0.2) is 0 Å². The third kappa shape index (κ3) is 3.37. The van der Waals surface area contributed by atoms with Crippen LogP contribution in [0.4, 0.5) is 5.69 Å². The van der Waals surface area contributed by atoms with E-state index in [1.165, 1.54) is 0 Å². The molecule has 3 heteroatoms. The molecule has 3 nitrogen and oxygen atoms in total. The van der Waals surface area contributed by atoms with Crippen LogP contribution in [-0.2, 0) is 11.3 Å². The summed E-state index contributed by atoms with van der Waals surface area (Å²) in [7, 11) is 0. The fraction of sp³-hybridized carbons (Fsp3) is 0.316. The van der Waals surface area contributed by atoms with E-state index < -0.39 is 0 Å². The van der Waals surface area contributed by atoms with Gasteiger partial charge in [-0.2, -0.15) is 0 Å². The number of nitrogens with zero attached hydrogens (tertiary/aromatic N) is 1. The summed E-state index contributed by atoms with van der Waals surface area (Å²) in [6, 6.07) is 20.2. The molecule has 22 heavy (non-hydrogen) atoms. The van der Waals surface area contributed by atoms with Crippen molar-refractivity contribution in [2.45, 2.75) is 31.8 Å². The summed E-state index contributed by atoms with van der Waals surface area (Å²) in [4.78, 5) is 14.9. The molecule has 0 radical (unpaired) electrons. The summed E-state index contributed by atoms with van der Waals surface area (Å²) in [5.74, 6) is 0.252. The van der Waals surface area contributed by atoms with Crippen molar-refractivity contribution in [3.8, 4) is 0 Å². The fourth-order valence-electron chi connectivity index (χ4n) is 3.13. The first kappa shape index (κ1) is 14.8. The van der Waals surface area contributed by atoms with E-state index in [0.29, 0.717) is 6.54 Å².